The van der Waals surface area contributed by atoms with E-state index in [1.54, 1.807) is 63.6 Å². The number of hydrogen-bond acceptors (Lipinski definition) is 18. The van der Waals surface area contributed by atoms with Crippen molar-refractivity contribution in [1.82, 2.24) is 15.0 Å². The number of aromatic nitrogens is 3. The molecule has 69 heavy (non-hydrogen) atoms. The average molecular weight is 959 g/mol. The number of nitrogen functional groups attached to an aromatic ring is 1. The van der Waals surface area contributed by atoms with Crippen molar-refractivity contribution in [2.75, 3.05) is 11.6 Å². The molecule has 8 aromatic rings. The highest BCUT2D eigenvalue weighted by Crippen LogP contribution is 2.28. The number of nitro groups is 3. The number of carbonyl (C=O) groups is 1. The van der Waals surface area contributed by atoms with E-state index in [1.165, 1.54) is 79.9 Å². The summed E-state index contributed by atoms with van der Waals surface area (Å²) in [4.78, 5) is 64.8. The molecule has 0 aliphatic heterocycles. The van der Waals surface area contributed by atoms with Crippen molar-refractivity contribution in [2.45, 2.75) is 39.5 Å². The minimum atomic E-state index is -3.47. The molecule has 2 N–H and O–H groups in total. The number of isocyanates is 1. The Morgan fingerprint density at radius 3 is 1.32 bits per heavy atom. The number of benzene rings is 5. The van der Waals surface area contributed by atoms with Crippen LogP contribution in [0.15, 0.2) is 158 Å². The highest BCUT2D eigenvalue weighted by molar-refractivity contribution is 7.91. The van der Waals surface area contributed by atoms with E-state index in [0.717, 1.165) is 50.4 Å². The molecule has 0 bridgehead atoms. The summed E-state index contributed by atoms with van der Waals surface area (Å²) in [6.45, 7) is 9.11. The van der Waals surface area contributed by atoms with E-state index < -0.39 is 30.5 Å². The van der Waals surface area contributed by atoms with Gasteiger partial charge in [0, 0.05) is 64.3 Å². The molecule has 0 saturated carbocycles. The number of rotatable bonds is 10. The zero-order chi connectivity index (χ0) is 50.7. The summed E-state index contributed by atoms with van der Waals surface area (Å²) in [5.41, 5.74) is 14.0. The van der Waals surface area contributed by atoms with Crippen LogP contribution in [-0.4, -0.2) is 56.4 Å². The number of aliphatic imine (C=N–C) groups is 1. The molecule has 0 saturated heterocycles. The van der Waals surface area contributed by atoms with E-state index in [2.05, 4.69) is 19.9 Å². The second-order valence-electron chi connectivity index (χ2n) is 14.4. The van der Waals surface area contributed by atoms with Gasteiger partial charge in [-0.25, -0.2) is 28.2 Å². The summed E-state index contributed by atoms with van der Waals surface area (Å²) in [7, 11) is -3.47. The van der Waals surface area contributed by atoms with Crippen LogP contribution in [0.2, 0.25) is 0 Å². The van der Waals surface area contributed by atoms with Crippen LogP contribution in [-0.2, 0) is 14.6 Å². The Kier molecular flexibility index (Phi) is 18.9. The van der Waals surface area contributed by atoms with E-state index in [0.29, 0.717) is 28.9 Å². The molecule has 0 fully saturated rings. The van der Waals surface area contributed by atoms with Gasteiger partial charge in [0.2, 0.25) is 6.08 Å². The van der Waals surface area contributed by atoms with Gasteiger partial charge >= 0.3 is 0 Å². The number of aryl methyl sites for hydroxylation is 5. The first-order valence-electron chi connectivity index (χ1n) is 19.9. The Morgan fingerprint density at radius 2 is 0.986 bits per heavy atom. The number of nitrogens with zero attached hydrogens (tertiary/aromatic N) is 7. The number of nitrogens with two attached hydrogens (primary N) is 1. The third-order valence-electron chi connectivity index (χ3n) is 9.46. The minimum absolute atomic E-state index is 0.0121. The van der Waals surface area contributed by atoms with Crippen LogP contribution < -0.4 is 5.73 Å². The van der Waals surface area contributed by atoms with Gasteiger partial charge in [0.05, 0.1) is 38.3 Å². The molecule has 21 nitrogen and oxygen atoms in total. The third kappa shape index (κ3) is 15.4. The Balaban J connectivity index is 0.000000188. The van der Waals surface area contributed by atoms with Crippen molar-refractivity contribution in [3.05, 3.63) is 199 Å². The Hall–Kier alpha value is -9.27. The Morgan fingerprint density at radius 1 is 0.594 bits per heavy atom. The van der Waals surface area contributed by atoms with Gasteiger partial charge in [0.15, 0.2) is 52.2 Å². The molecule has 0 aliphatic rings. The maximum absolute atomic E-state index is 11.4. The van der Waals surface area contributed by atoms with Gasteiger partial charge in [-0.05, 0) is 105 Å². The first-order valence-corrected chi connectivity index (χ1v) is 21.6. The van der Waals surface area contributed by atoms with Crippen LogP contribution in [0.1, 0.15) is 38.2 Å². The number of carbonyl (C=O) groups excluding carboxylic acids is 2. The summed E-state index contributed by atoms with van der Waals surface area (Å²) >= 11 is 0. The number of nitro benzene ring substituents is 3. The number of sulfone groups is 1. The third-order valence-corrected chi connectivity index (χ3v) is 10.9. The highest BCUT2D eigenvalue weighted by Gasteiger charge is 2.14. The quantitative estimate of drug-likeness (QED) is 0.0332. The Labute approximate surface area is 393 Å². The van der Waals surface area contributed by atoms with Crippen molar-refractivity contribution in [1.29, 1.82) is 0 Å². The number of non-ortho nitro benzene ring substituents is 3. The van der Waals surface area contributed by atoms with Gasteiger partial charge in [0.1, 0.15) is 6.29 Å². The van der Waals surface area contributed by atoms with Gasteiger partial charge in [-0.1, -0.05) is 17.7 Å². The van der Waals surface area contributed by atoms with Crippen LogP contribution in [0.4, 0.5) is 22.7 Å². The summed E-state index contributed by atoms with van der Waals surface area (Å²) in [6, 6.07) is 25.5. The molecular formula is C47H42N8O13S. The van der Waals surface area contributed by atoms with Crippen LogP contribution in [0.5, 0.6) is 0 Å². The maximum atomic E-state index is 11.4. The summed E-state index contributed by atoms with van der Waals surface area (Å²) in [5.74, 6) is 1.46. The fraction of sp³-hybridized carbons (Fsp3) is 0.128. The van der Waals surface area contributed by atoms with Crippen LogP contribution in [0.25, 0.3) is 34.0 Å². The van der Waals surface area contributed by atoms with Gasteiger partial charge in [-0.3, -0.25) is 35.1 Å². The van der Waals surface area contributed by atoms with Gasteiger partial charge < -0.3 is 19.0 Å². The summed E-state index contributed by atoms with van der Waals surface area (Å²) in [6.07, 6.45) is 10.8. The monoisotopic (exact) mass is 958 g/mol. The van der Waals surface area contributed by atoms with E-state index in [9.17, 15) is 48.3 Å². The van der Waals surface area contributed by atoms with Crippen LogP contribution in [0, 0.1) is 65.0 Å². The normalized spacial score (nSPS) is 10.2. The lowest BCUT2D eigenvalue weighted by molar-refractivity contribution is -0.385. The molecule has 8 rings (SSSR count). The molecular weight excluding hydrogens is 917 g/mol. The molecule has 0 spiro atoms. The fourth-order valence-corrected chi connectivity index (χ4v) is 6.85. The average Bonchev–Trinajstić information content (AvgIpc) is 4.16. The fourth-order valence-electron chi connectivity index (χ4n) is 5.92. The van der Waals surface area contributed by atoms with Crippen LogP contribution in [0.3, 0.4) is 0 Å². The standard InChI is InChI=1S/2C10H8N2O3.C10H10N2O.C9H9NO3S.C8H7NO3/c2*1-7-4-8(12(13)14)2-3-9(7)10-5-11-6-15-10;1-7-4-8(11)2-3-9(7)10-5-12-6-13-10;1-8-2-4-9(5-3-8)14(12,13)7-10-6-11;1-6-4-8(9(11)12)3-2-7(6)5-10/h2*2-6H,1H3;2-6H,11H2,1H3;2-5H,7H2,1H3;2-5H,1H3. The van der Waals surface area contributed by atoms with Crippen molar-refractivity contribution in [3.8, 4) is 34.0 Å². The van der Waals surface area contributed by atoms with E-state index >= 15 is 0 Å². The van der Waals surface area contributed by atoms with Crippen molar-refractivity contribution in [3.63, 3.8) is 0 Å². The molecule has 3 heterocycles. The number of hydrogen-bond donors (Lipinski definition) is 1. The number of aldehydes is 1. The minimum Gasteiger partial charge on any atom is -0.444 e. The SMILES string of the molecule is Cc1cc(N)ccc1-c1cnco1.Cc1cc([N+](=O)[O-])ccc1-c1cnco1.Cc1cc([N+](=O)[O-])ccc1-c1cnco1.Cc1cc([N+](=O)[O-])ccc1C=O.Cc1ccc(S(=O)(=O)CN=C=O)cc1. The van der Waals surface area contributed by atoms with Gasteiger partial charge in [-0.2, -0.15) is 4.99 Å². The molecule has 0 unspecified atom stereocenters. The van der Waals surface area contributed by atoms with E-state index in [1.807, 2.05) is 32.0 Å². The molecule has 22 heteroatoms. The van der Waals surface area contributed by atoms with Crippen molar-refractivity contribution in [2.24, 2.45) is 4.99 Å². The molecule has 0 atom stereocenters. The van der Waals surface area contributed by atoms with E-state index in [-0.39, 0.29) is 22.0 Å². The largest absolute Gasteiger partial charge is 0.444 e. The second kappa shape index (κ2) is 24.9. The first kappa shape index (κ1) is 52.4. The molecule has 5 aromatic carbocycles. The molecule has 0 amide bonds. The number of anilines is 1. The van der Waals surface area contributed by atoms with Crippen molar-refractivity contribution < 1.29 is 46.0 Å². The first-order chi connectivity index (χ1) is 32.8. The van der Waals surface area contributed by atoms with E-state index in [4.69, 9.17) is 19.0 Å². The molecule has 354 valence electrons. The number of oxazole rings is 3. The van der Waals surface area contributed by atoms with Crippen LogP contribution >= 0.6 is 0 Å². The maximum Gasteiger partial charge on any atom is 0.269 e. The lowest BCUT2D eigenvalue weighted by Crippen LogP contribution is -2.04. The molecule has 0 radical (unpaired) electrons. The lowest BCUT2D eigenvalue weighted by Gasteiger charge is -2.02. The van der Waals surface area contributed by atoms with Gasteiger partial charge in [-0.15, -0.1) is 0 Å². The zero-order valence-electron chi connectivity index (χ0n) is 37.4. The molecule has 3 aromatic heterocycles. The lowest BCUT2D eigenvalue weighted by atomic mass is 10.1. The smallest absolute Gasteiger partial charge is 0.269 e. The summed E-state index contributed by atoms with van der Waals surface area (Å²) < 4.78 is 38.3. The van der Waals surface area contributed by atoms with Crippen molar-refractivity contribution >= 4 is 45.0 Å². The highest BCUT2D eigenvalue weighted by atomic mass is 32.2. The Bertz CT molecular complexity index is 3080. The zero-order valence-corrected chi connectivity index (χ0v) is 38.2. The molecule has 0 aliphatic carbocycles. The predicted octanol–water partition coefficient (Wildman–Crippen LogP) is 10.1. The van der Waals surface area contributed by atoms with Gasteiger partial charge in [0.25, 0.3) is 17.1 Å². The summed E-state index contributed by atoms with van der Waals surface area (Å²) in [5, 5.41) is 31.3. The second-order valence-corrected chi connectivity index (χ2v) is 16.4. The predicted molar refractivity (Wildman–Crippen MR) is 252 cm³/mol. The topological polar surface area (TPSA) is 314 Å².